The van der Waals surface area contributed by atoms with Crippen LogP contribution in [0.15, 0.2) is 6.07 Å². The van der Waals surface area contributed by atoms with Gasteiger partial charge in [-0.05, 0) is 27.9 Å². The number of carbonyl (C=O) groups is 1. The van der Waals surface area contributed by atoms with Gasteiger partial charge >= 0.3 is 0 Å². The third kappa shape index (κ3) is 2.58. The topological polar surface area (TPSA) is 59.0 Å². The molecule has 0 radical (unpaired) electrons. The maximum atomic E-state index is 12.3. The lowest BCUT2D eigenvalue weighted by Crippen LogP contribution is -2.36. The standard InChI is InChI=1S/C15H21NO4/c1-15(2)7-10(17)13-12(20-15)6-11(19-5)9(14(13)18)8-16(3)4/h6,18H,7-8H2,1-5H3. The van der Waals surface area contributed by atoms with Crippen LogP contribution >= 0.6 is 0 Å². The van der Waals surface area contributed by atoms with Crippen LogP contribution < -0.4 is 9.47 Å². The fourth-order valence-electron chi connectivity index (χ4n) is 2.47. The molecule has 1 aromatic rings. The third-order valence-corrected chi connectivity index (χ3v) is 3.27. The molecular formula is C15H21NO4. The van der Waals surface area contributed by atoms with Crippen LogP contribution in [0.5, 0.6) is 17.2 Å². The summed E-state index contributed by atoms with van der Waals surface area (Å²) in [6.45, 7) is 4.19. The van der Waals surface area contributed by atoms with Gasteiger partial charge in [0, 0.05) is 12.6 Å². The Balaban J connectivity index is 2.60. The van der Waals surface area contributed by atoms with E-state index >= 15 is 0 Å². The Morgan fingerprint density at radius 1 is 1.45 bits per heavy atom. The summed E-state index contributed by atoms with van der Waals surface area (Å²) >= 11 is 0. The van der Waals surface area contributed by atoms with Gasteiger partial charge in [-0.25, -0.2) is 0 Å². The number of hydrogen-bond donors (Lipinski definition) is 1. The Hall–Kier alpha value is -1.75. The maximum absolute atomic E-state index is 12.3. The highest BCUT2D eigenvalue weighted by Crippen LogP contribution is 2.44. The lowest BCUT2D eigenvalue weighted by atomic mass is 9.91. The Morgan fingerprint density at radius 3 is 2.65 bits per heavy atom. The molecule has 1 aromatic carbocycles. The van der Waals surface area contributed by atoms with Gasteiger partial charge in [0.2, 0.25) is 0 Å². The number of Topliss-reactive ketones (excluding diaryl/α,β-unsaturated/α-hetero) is 1. The number of carbonyl (C=O) groups excluding carboxylic acids is 1. The van der Waals surface area contributed by atoms with Gasteiger partial charge < -0.3 is 19.5 Å². The molecule has 0 bridgehead atoms. The number of aromatic hydroxyl groups is 1. The van der Waals surface area contributed by atoms with Crippen LogP contribution in [-0.4, -0.2) is 42.6 Å². The number of ketones is 1. The van der Waals surface area contributed by atoms with Crippen molar-refractivity contribution in [3.05, 3.63) is 17.2 Å². The van der Waals surface area contributed by atoms with Gasteiger partial charge in [-0.2, -0.15) is 0 Å². The summed E-state index contributed by atoms with van der Waals surface area (Å²) in [5.41, 5.74) is 0.305. The molecule has 1 heterocycles. The largest absolute Gasteiger partial charge is 0.507 e. The molecule has 2 rings (SSSR count). The lowest BCUT2D eigenvalue weighted by Gasteiger charge is -2.32. The highest BCUT2D eigenvalue weighted by Gasteiger charge is 2.36. The van der Waals surface area contributed by atoms with Gasteiger partial charge in [-0.15, -0.1) is 0 Å². The minimum absolute atomic E-state index is 0.0337. The normalized spacial score (nSPS) is 16.8. The third-order valence-electron chi connectivity index (χ3n) is 3.27. The molecule has 0 amide bonds. The van der Waals surface area contributed by atoms with Crippen molar-refractivity contribution in [2.75, 3.05) is 21.2 Å². The Bertz CT molecular complexity index is 549. The molecule has 0 fully saturated rings. The summed E-state index contributed by atoms with van der Waals surface area (Å²) in [6, 6.07) is 1.69. The smallest absolute Gasteiger partial charge is 0.174 e. The van der Waals surface area contributed by atoms with Gasteiger partial charge in [0.15, 0.2) is 5.78 Å². The van der Waals surface area contributed by atoms with Crippen LogP contribution in [0.3, 0.4) is 0 Å². The molecule has 0 aliphatic carbocycles. The van der Waals surface area contributed by atoms with Crippen LogP contribution in [0.25, 0.3) is 0 Å². The molecule has 0 saturated heterocycles. The van der Waals surface area contributed by atoms with E-state index in [9.17, 15) is 9.90 Å². The van der Waals surface area contributed by atoms with Crippen molar-refractivity contribution in [2.45, 2.75) is 32.4 Å². The first kappa shape index (κ1) is 14.7. The number of phenols is 1. The zero-order valence-electron chi connectivity index (χ0n) is 12.6. The van der Waals surface area contributed by atoms with Crippen molar-refractivity contribution in [3.8, 4) is 17.2 Å². The molecule has 20 heavy (non-hydrogen) atoms. The molecule has 110 valence electrons. The molecule has 0 unspecified atom stereocenters. The molecule has 0 aromatic heterocycles. The molecule has 0 atom stereocenters. The van der Waals surface area contributed by atoms with Crippen LogP contribution in [-0.2, 0) is 6.54 Å². The van der Waals surface area contributed by atoms with E-state index in [2.05, 4.69) is 0 Å². The van der Waals surface area contributed by atoms with E-state index in [1.807, 2.05) is 32.8 Å². The molecular weight excluding hydrogens is 258 g/mol. The number of phenolic OH excluding ortho intramolecular Hbond substituents is 1. The first-order valence-corrected chi connectivity index (χ1v) is 6.55. The summed E-state index contributed by atoms with van der Waals surface area (Å²) in [5.74, 6) is 0.786. The summed E-state index contributed by atoms with van der Waals surface area (Å²) in [4.78, 5) is 14.2. The number of fused-ring (bicyclic) bond motifs is 1. The second kappa shape index (κ2) is 4.98. The zero-order chi connectivity index (χ0) is 15.1. The van der Waals surface area contributed by atoms with Gasteiger partial charge in [0.05, 0.1) is 19.1 Å². The minimum Gasteiger partial charge on any atom is -0.507 e. The van der Waals surface area contributed by atoms with Gasteiger partial charge in [0.1, 0.15) is 28.4 Å². The molecule has 0 spiro atoms. The van der Waals surface area contributed by atoms with Crippen LogP contribution in [0, 0.1) is 0 Å². The van der Waals surface area contributed by atoms with Crippen LogP contribution in [0.2, 0.25) is 0 Å². The monoisotopic (exact) mass is 279 g/mol. The number of ether oxygens (including phenoxy) is 2. The Morgan fingerprint density at radius 2 is 2.10 bits per heavy atom. The molecule has 1 N–H and O–H groups in total. The fraction of sp³-hybridized carbons (Fsp3) is 0.533. The van der Waals surface area contributed by atoms with E-state index in [1.54, 1.807) is 6.07 Å². The molecule has 1 aliphatic rings. The first-order valence-electron chi connectivity index (χ1n) is 6.55. The zero-order valence-corrected chi connectivity index (χ0v) is 12.6. The number of benzene rings is 1. The van der Waals surface area contributed by atoms with Crippen molar-refractivity contribution >= 4 is 5.78 Å². The van der Waals surface area contributed by atoms with Gasteiger partial charge in [-0.3, -0.25) is 4.79 Å². The minimum atomic E-state index is -0.565. The fourth-order valence-corrected chi connectivity index (χ4v) is 2.47. The average molecular weight is 279 g/mol. The summed E-state index contributed by atoms with van der Waals surface area (Å²) < 4.78 is 11.1. The predicted octanol–water partition coefficient (Wildman–Crippen LogP) is 2.21. The van der Waals surface area contributed by atoms with E-state index in [1.165, 1.54) is 7.11 Å². The van der Waals surface area contributed by atoms with E-state index < -0.39 is 5.60 Å². The molecule has 0 saturated carbocycles. The second-order valence-electron chi connectivity index (χ2n) is 5.98. The van der Waals surface area contributed by atoms with E-state index in [0.717, 1.165) is 0 Å². The quantitative estimate of drug-likeness (QED) is 0.919. The number of rotatable bonds is 3. The SMILES string of the molecule is COc1cc2c(c(O)c1CN(C)C)C(=O)CC(C)(C)O2. The van der Waals surface area contributed by atoms with Crippen LogP contribution in [0.1, 0.15) is 36.2 Å². The second-order valence-corrected chi connectivity index (χ2v) is 5.98. The number of methoxy groups -OCH3 is 1. The average Bonchev–Trinajstić information content (AvgIpc) is 2.29. The van der Waals surface area contributed by atoms with Crippen molar-refractivity contribution in [2.24, 2.45) is 0 Å². The van der Waals surface area contributed by atoms with Gasteiger partial charge in [0.25, 0.3) is 0 Å². The Labute approximate surface area is 119 Å². The lowest BCUT2D eigenvalue weighted by molar-refractivity contribution is 0.0612. The van der Waals surface area contributed by atoms with E-state index in [4.69, 9.17) is 9.47 Å². The number of hydrogen-bond acceptors (Lipinski definition) is 5. The van der Waals surface area contributed by atoms with E-state index in [0.29, 0.717) is 23.6 Å². The van der Waals surface area contributed by atoms with E-state index in [-0.39, 0.29) is 23.5 Å². The Kier molecular flexibility index (Phi) is 3.65. The first-order chi connectivity index (χ1) is 9.25. The van der Waals surface area contributed by atoms with Crippen molar-refractivity contribution in [1.82, 2.24) is 4.90 Å². The molecule has 1 aliphatic heterocycles. The highest BCUT2D eigenvalue weighted by molar-refractivity contribution is 6.03. The maximum Gasteiger partial charge on any atom is 0.174 e. The van der Waals surface area contributed by atoms with Crippen molar-refractivity contribution in [1.29, 1.82) is 0 Å². The van der Waals surface area contributed by atoms with Gasteiger partial charge in [-0.1, -0.05) is 0 Å². The molecule has 5 nitrogen and oxygen atoms in total. The highest BCUT2D eigenvalue weighted by atomic mass is 16.5. The van der Waals surface area contributed by atoms with Crippen molar-refractivity contribution in [3.63, 3.8) is 0 Å². The predicted molar refractivity (Wildman–Crippen MR) is 75.7 cm³/mol. The molecule has 5 heteroatoms. The van der Waals surface area contributed by atoms with Crippen molar-refractivity contribution < 1.29 is 19.4 Å². The summed E-state index contributed by atoms with van der Waals surface area (Å²) in [6.07, 6.45) is 0.251. The summed E-state index contributed by atoms with van der Waals surface area (Å²) in [5, 5.41) is 10.4. The summed E-state index contributed by atoms with van der Waals surface area (Å²) in [7, 11) is 5.32. The van der Waals surface area contributed by atoms with Crippen LogP contribution in [0.4, 0.5) is 0 Å². The number of nitrogens with zero attached hydrogens (tertiary/aromatic N) is 1.